The molecule has 5 heteroatoms. The van der Waals surface area contributed by atoms with E-state index >= 15 is 0 Å². The average Bonchev–Trinajstić information content (AvgIpc) is 3.33. The lowest BCUT2D eigenvalue weighted by Gasteiger charge is -2.25. The van der Waals surface area contributed by atoms with E-state index < -0.39 is 0 Å². The van der Waals surface area contributed by atoms with E-state index in [-0.39, 0.29) is 36.7 Å². The second-order valence-electron chi connectivity index (χ2n) is 8.06. The third kappa shape index (κ3) is 3.95. The first kappa shape index (κ1) is 19.4. The minimum Gasteiger partial charge on any atom is -0.349 e. The van der Waals surface area contributed by atoms with Gasteiger partial charge in [-0.25, -0.2) is 0 Å². The van der Waals surface area contributed by atoms with Crippen molar-refractivity contribution in [3.8, 4) is 0 Å². The molecule has 0 radical (unpaired) electrons. The van der Waals surface area contributed by atoms with E-state index in [1.165, 1.54) is 17.7 Å². The molecule has 1 heterocycles. The number of fused-ring (bicyclic) bond motifs is 1. The number of imide groups is 1. The van der Waals surface area contributed by atoms with Crippen molar-refractivity contribution >= 4 is 17.7 Å². The molecule has 1 fully saturated rings. The second kappa shape index (κ2) is 8.19. The zero-order chi connectivity index (χ0) is 20.4. The largest absolute Gasteiger partial charge is 0.349 e. The van der Waals surface area contributed by atoms with Crippen LogP contribution < -0.4 is 5.32 Å². The summed E-state index contributed by atoms with van der Waals surface area (Å²) in [5, 5.41) is 3.17. The lowest BCUT2D eigenvalue weighted by atomic mass is 9.91. The fraction of sp³-hybridized carbons (Fsp3) is 0.375. The Morgan fingerprint density at radius 3 is 2.45 bits per heavy atom. The predicted octanol–water partition coefficient (Wildman–Crippen LogP) is 4.03. The SMILES string of the molecule is Cc1ccc2c(c1)C(=O)N(CCC(=O)NC(c1ccccc1)C1CCCC1)C2=O. The molecule has 1 aliphatic carbocycles. The summed E-state index contributed by atoms with van der Waals surface area (Å²) in [6.45, 7) is 1.99. The molecule has 2 aromatic rings. The van der Waals surface area contributed by atoms with Gasteiger partial charge in [-0.15, -0.1) is 0 Å². The summed E-state index contributed by atoms with van der Waals surface area (Å²) in [7, 11) is 0. The van der Waals surface area contributed by atoms with Crippen molar-refractivity contribution < 1.29 is 14.4 Å². The zero-order valence-electron chi connectivity index (χ0n) is 16.7. The molecule has 1 N–H and O–H groups in total. The number of carbonyl (C=O) groups is 3. The number of nitrogens with zero attached hydrogens (tertiary/aromatic N) is 1. The Morgan fingerprint density at radius 2 is 1.72 bits per heavy atom. The molecule has 0 saturated heterocycles. The van der Waals surface area contributed by atoms with E-state index in [9.17, 15) is 14.4 Å². The number of carbonyl (C=O) groups excluding carboxylic acids is 3. The summed E-state index contributed by atoms with van der Waals surface area (Å²) >= 11 is 0. The van der Waals surface area contributed by atoms with Crippen molar-refractivity contribution in [2.45, 2.75) is 45.1 Å². The summed E-state index contributed by atoms with van der Waals surface area (Å²) in [5.74, 6) is -0.313. The molecule has 29 heavy (non-hydrogen) atoms. The maximum atomic E-state index is 12.7. The minimum absolute atomic E-state index is 0.0176. The standard InChI is InChI=1S/C24H26N2O3/c1-16-11-12-19-20(15-16)24(29)26(23(19)28)14-13-21(27)25-22(18-9-5-6-10-18)17-7-3-2-4-8-17/h2-4,7-8,11-12,15,18,22H,5-6,9-10,13-14H2,1H3,(H,25,27). The summed E-state index contributed by atoms with van der Waals surface area (Å²) < 4.78 is 0. The fourth-order valence-electron chi connectivity index (χ4n) is 4.49. The van der Waals surface area contributed by atoms with Crippen LogP contribution >= 0.6 is 0 Å². The van der Waals surface area contributed by atoms with Gasteiger partial charge in [0.25, 0.3) is 11.8 Å². The highest BCUT2D eigenvalue weighted by Crippen LogP contribution is 2.35. The van der Waals surface area contributed by atoms with Gasteiger partial charge in [-0.3, -0.25) is 19.3 Å². The van der Waals surface area contributed by atoms with Crippen LogP contribution in [-0.4, -0.2) is 29.2 Å². The van der Waals surface area contributed by atoms with Crippen molar-refractivity contribution in [1.29, 1.82) is 0 Å². The normalized spacial score (nSPS) is 17.5. The van der Waals surface area contributed by atoms with E-state index in [4.69, 9.17) is 0 Å². The third-order valence-electron chi connectivity index (χ3n) is 6.04. The van der Waals surface area contributed by atoms with Crippen molar-refractivity contribution in [3.05, 3.63) is 70.8 Å². The quantitative estimate of drug-likeness (QED) is 0.758. The Balaban J connectivity index is 1.41. The maximum Gasteiger partial charge on any atom is 0.261 e. The highest BCUT2D eigenvalue weighted by Gasteiger charge is 2.35. The Morgan fingerprint density at radius 1 is 1.03 bits per heavy atom. The number of benzene rings is 2. The molecular formula is C24H26N2O3. The average molecular weight is 390 g/mol. The van der Waals surface area contributed by atoms with Gasteiger partial charge in [0.2, 0.25) is 5.91 Å². The Labute approximate surface area is 171 Å². The van der Waals surface area contributed by atoms with Gasteiger partial charge >= 0.3 is 0 Å². The summed E-state index contributed by atoms with van der Waals surface area (Å²) in [4.78, 5) is 39.1. The smallest absolute Gasteiger partial charge is 0.261 e. The van der Waals surface area contributed by atoms with Crippen LogP contribution in [0.5, 0.6) is 0 Å². The molecule has 3 amide bonds. The topological polar surface area (TPSA) is 66.5 Å². The maximum absolute atomic E-state index is 12.7. The molecule has 0 bridgehead atoms. The lowest BCUT2D eigenvalue weighted by Crippen LogP contribution is -2.37. The van der Waals surface area contributed by atoms with Crippen molar-refractivity contribution in [2.75, 3.05) is 6.54 Å². The molecule has 2 aromatic carbocycles. The third-order valence-corrected chi connectivity index (χ3v) is 6.04. The highest BCUT2D eigenvalue weighted by molar-refractivity contribution is 6.21. The molecule has 1 unspecified atom stereocenters. The number of rotatable bonds is 6. The molecule has 1 aliphatic heterocycles. The van der Waals surface area contributed by atoms with E-state index in [0.29, 0.717) is 17.0 Å². The molecule has 1 saturated carbocycles. The van der Waals surface area contributed by atoms with Crippen LogP contribution in [0.3, 0.4) is 0 Å². The molecule has 4 rings (SSSR count). The second-order valence-corrected chi connectivity index (χ2v) is 8.06. The number of hydrogen-bond acceptors (Lipinski definition) is 3. The molecule has 5 nitrogen and oxygen atoms in total. The first-order valence-corrected chi connectivity index (χ1v) is 10.4. The van der Waals surface area contributed by atoms with Crippen molar-refractivity contribution in [3.63, 3.8) is 0 Å². The summed E-state index contributed by atoms with van der Waals surface area (Å²) in [5.41, 5.74) is 2.91. The highest BCUT2D eigenvalue weighted by atomic mass is 16.2. The van der Waals surface area contributed by atoms with Gasteiger partial charge in [-0.05, 0) is 43.4 Å². The van der Waals surface area contributed by atoms with Crippen molar-refractivity contribution in [2.24, 2.45) is 5.92 Å². The first-order valence-electron chi connectivity index (χ1n) is 10.4. The van der Waals surface area contributed by atoms with E-state index in [1.807, 2.05) is 31.2 Å². The van der Waals surface area contributed by atoms with Crippen molar-refractivity contribution in [1.82, 2.24) is 10.2 Å². The molecule has 2 aliphatic rings. The molecule has 0 spiro atoms. The monoisotopic (exact) mass is 390 g/mol. The predicted molar refractivity (Wildman–Crippen MR) is 110 cm³/mol. The lowest BCUT2D eigenvalue weighted by molar-refractivity contribution is -0.122. The minimum atomic E-state index is -0.312. The van der Waals surface area contributed by atoms with Gasteiger partial charge in [0.15, 0.2) is 0 Å². The van der Waals surface area contributed by atoms with Gasteiger partial charge in [0.1, 0.15) is 0 Å². The van der Waals surface area contributed by atoms with Crippen LogP contribution in [-0.2, 0) is 4.79 Å². The molecule has 0 aromatic heterocycles. The van der Waals surface area contributed by atoms with Crippen LogP contribution in [0.15, 0.2) is 48.5 Å². The Bertz CT molecular complexity index is 932. The van der Waals surface area contributed by atoms with Gasteiger partial charge in [0.05, 0.1) is 17.2 Å². The number of hydrogen-bond donors (Lipinski definition) is 1. The summed E-state index contributed by atoms with van der Waals surface area (Å²) in [6.07, 6.45) is 4.71. The fourth-order valence-corrected chi connectivity index (χ4v) is 4.49. The van der Waals surface area contributed by atoms with E-state index in [0.717, 1.165) is 24.0 Å². The zero-order valence-corrected chi connectivity index (χ0v) is 16.7. The first-order chi connectivity index (χ1) is 14.0. The van der Waals surface area contributed by atoms with Crippen LogP contribution in [0.25, 0.3) is 0 Å². The van der Waals surface area contributed by atoms with E-state index in [1.54, 1.807) is 12.1 Å². The van der Waals surface area contributed by atoms with Gasteiger partial charge in [-0.2, -0.15) is 0 Å². The van der Waals surface area contributed by atoms with Crippen LogP contribution in [0.4, 0.5) is 0 Å². The molecule has 1 atom stereocenters. The van der Waals surface area contributed by atoms with Gasteiger partial charge in [0, 0.05) is 13.0 Å². The number of nitrogens with one attached hydrogen (secondary N) is 1. The Hall–Kier alpha value is -2.95. The van der Waals surface area contributed by atoms with Crippen LogP contribution in [0, 0.1) is 12.8 Å². The van der Waals surface area contributed by atoms with Gasteiger partial charge < -0.3 is 5.32 Å². The summed E-state index contributed by atoms with van der Waals surface area (Å²) in [6, 6.07) is 15.3. The van der Waals surface area contributed by atoms with Gasteiger partial charge in [-0.1, -0.05) is 54.8 Å². The Kier molecular flexibility index (Phi) is 5.47. The molecular weight excluding hydrogens is 364 g/mol. The van der Waals surface area contributed by atoms with E-state index in [2.05, 4.69) is 17.4 Å². The van der Waals surface area contributed by atoms with Crippen LogP contribution in [0.2, 0.25) is 0 Å². The van der Waals surface area contributed by atoms with Crippen LogP contribution in [0.1, 0.15) is 70.0 Å². The number of amides is 3. The number of aryl methyl sites for hydroxylation is 1. The molecule has 150 valence electrons.